The summed E-state index contributed by atoms with van der Waals surface area (Å²) in [6.07, 6.45) is 0. The molecule has 5 heteroatoms. The molecule has 2 heterocycles. The van der Waals surface area contributed by atoms with Gasteiger partial charge in [-0.25, -0.2) is 9.97 Å². The molecule has 0 fully saturated rings. The van der Waals surface area contributed by atoms with Crippen molar-refractivity contribution < 1.29 is 8.98 Å². The van der Waals surface area contributed by atoms with Crippen molar-refractivity contribution in [1.82, 2.24) is 9.97 Å². The molecular formula is C42H27N2O2P. The predicted molar refractivity (Wildman–Crippen MR) is 195 cm³/mol. The second-order valence-corrected chi connectivity index (χ2v) is 14.5. The predicted octanol–water partition coefficient (Wildman–Crippen LogP) is 9.66. The summed E-state index contributed by atoms with van der Waals surface area (Å²) < 4.78 is 21.3. The van der Waals surface area contributed by atoms with Gasteiger partial charge in [-0.15, -0.1) is 0 Å². The summed E-state index contributed by atoms with van der Waals surface area (Å²) in [5.41, 5.74) is 5.29. The topological polar surface area (TPSA) is 56.0 Å². The molecule has 0 aliphatic carbocycles. The number of oxazole rings is 1. The fraction of sp³-hybridized carbons (Fsp3) is 0. The molecule has 0 spiro atoms. The third kappa shape index (κ3) is 4.49. The lowest BCUT2D eigenvalue weighted by molar-refractivity contribution is 0.592. The first kappa shape index (κ1) is 27.5. The monoisotopic (exact) mass is 622 g/mol. The van der Waals surface area contributed by atoms with Crippen LogP contribution in [0.5, 0.6) is 0 Å². The number of nitrogens with zero attached hydrogens (tertiary/aromatic N) is 2. The molecule has 0 atom stereocenters. The minimum absolute atomic E-state index is 0.598. The molecule has 0 radical (unpaired) electrons. The van der Waals surface area contributed by atoms with Crippen molar-refractivity contribution in [3.63, 3.8) is 0 Å². The minimum atomic E-state index is -3.08. The number of fused-ring (bicyclic) bond motifs is 6. The van der Waals surface area contributed by atoms with Gasteiger partial charge in [-0.2, -0.15) is 0 Å². The molecule has 7 aromatic carbocycles. The number of hydrogen-bond donors (Lipinski definition) is 0. The molecule has 0 N–H and O–H groups in total. The van der Waals surface area contributed by atoms with Crippen LogP contribution in [-0.2, 0) is 4.57 Å². The lowest BCUT2D eigenvalue weighted by Gasteiger charge is -2.20. The zero-order valence-corrected chi connectivity index (χ0v) is 26.1. The summed E-state index contributed by atoms with van der Waals surface area (Å²) in [4.78, 5) is 10.2. The first-order valence-electron chi connectivity index (χ1n) is 15.6. The SMILES string of the molecule is O=P(c1ccccc1)(c1ccccc1)c1ccc2cc(-c3nc4ccccc4c4c3ccc3oc(-c5ccccc5)nc34)ccc2c1. The molecule has 0 unspecified atom stereocenters. The highest BCUT2D eigenvalue weighted by molar-refractivity contribution is 7.85. The zero-order valence-electron chi connectivity index (χ0n) is 25.2. The van der Waals surface area contributed by atoms with Gasteiger partial charge in [0.05, 0.1) is 11.2 Å². The zero-order chi connectivity index (χ0) is 31.4. The van der Waals surface area contributed by atoms with Gasteiger partial charge in [0, 0.05) is 43.2 Å². The van der Waals surface area contributed by atoms with Gasteiger partial charge < -0.3 is 8.98 Å². The third-order valence-corrected chi connectivity index (χ3v) is 12.0. The molecule has 0 saturated heterocycles. The van der Waals surface area contributed by atoms with E-state index in [1.54, 1.807) is 0 Å². The molecule has 47 heavy (non-hydrogen) atoms. The maximum Gasteiger partial charge on any atom is 0.227 e. The van der Waals surface area contributed by atoms with Gasteiger partial charge in [0.2, 0.25) is 5.89 Å². The summed E-state index contributed by atoms with van der Waals surface area (Å²) >= 11 is 0. The van der Waals surface area contributed by atoms with E-state index in [4.69, 9.17) is 14.4 Å². The number of rotatable bonds is 5. The van der Waals surface area contributed by atoms with Gasteiger partial charge in [-0.05, 0) is 53.2 Å². The Morgan fingerprint density at radius 2 is 1.13 bits per heavy atom. The largest absolute Gasteiger partial charge is 0.436 e. The van der Waals surface area contributed by atoms with Crippen LogP contribution in [0.15, 0.2) is 168 Å². The number of hydrogen-bond acceptors (Lipinski definition) is 4. The van der Waals surface area contributed by atoms with Gasteiger partial charge >= 0.3 is 0 Å². The number of benzene rings is 7. The summed E-state index contributed by atoms with van der Waals surface area (Å²) in [5, 5.41) is 7.60. The molecule has 0 aliphatic rings. The maximum absolute atomic E-state index is 15.0. The van der Waals surface area contributed by atoms with Crippen LogP contribution in [0, 0.1) is 0 Å². The van der Waals surface area contributed by atoms with E-state index in [0.29, 0.717) is 5.89 Å². The Bertz CT molecular complexity index is 2610. The van der Waals surface area contributed by atoms with Crippen molar-refractivity contribution in [2.24, 2.45) is 0 Å². The van der Waals surface area contributed by atoms with Crippen molar-refractivity contribution in [2.75, 3.05) is 0 Å². The standard InChI is InChI=1S/C42H27N2O2P/c45-47(32-14-6-2-7-15-32,33-16-8-3-9-17-33)34-23-22-29-26-31(21-20-30(29)27-34)40-36-24-25-38-41(39(36)35-18-10-11-19-37(35)43-40)44-42(46-38)28-12-4-1-5-13-28/h1-27H. The Labute approximate surface area is 271 Å². The van der Waals surface area contributed by atoms with E-state index in [1.165, 1.54) is 0 Å². The fourth-order valence-electron chi connectivity index (χ4n) is 6.65. The van der Waals surface area contributed by atoms with Crippen LogP contribution in [0.25, 0.3) is 66.3 Å². The van der Waals surface area contributed by atoms with Crippen LogP contribution in [0.2, 0.25) is 0 Å². The lowest BCUT2D eigenvalue weighted by Crippen LogP contribution is -2.24. The van der Waals surface area contributed by atoms with Crippen LogP contribution < -0.4 is 15.9 Å². The Morgan fingerprint density at radius 1 is 0.489 bits per heavy atom. The Hall–Kier alpha value is -5.83. The number of pyridine rings is 1. The molecule has 4 nitrogen and oxygen atoms in total. The van der Waals surface area contributed by atoms with E-state index >= 15 is 0 Å². The molecule has 0 aliphatic heterocycles. The average Bonchev–Trinajstić information content (AvgIpc) is 3.60. The summed E-state index contributed by atoms with van der Waals surface area (Å²) in [6.45, 7) is 0. The average molecular weight is 623 g/mol. The van der Waals surface area contributed by atoms with Crippen LogP contribution in [-0.4, -0.2) is 9.97 Å². The van der Waals surface area contributed by atoms with Crippen molar-refractivity contribution in [1.29, 1.82) is 0 Å². The number of aromatic nitrogens is 2. The molecule has 222 valence electrons. The van der Waals surface area contributed by atoms with Crippen molar-refractivity contribution in [3.05, 3.63) is 164 Å². The normalized spacial score (nSPS) is 11.9. The second kappa shape index (κ2) is 10.9. The van der Waals surface area contributed by atoms with E-state index in [9.17, 15) is 4.57 Å². The first-order chi connectivity index (χ1) is 23.2. The smallest absolute Gasteiger partial charge is 0.227 e. The fourth-order valence-corrected chi connectivity index (χ4v) is 9.33. The highest BCUT2D eigenvalue weighted by Crippen LogP contribution is 2.43. The highest BCUT2D eigenvalue weighted by Gasteiger charge is 2.29. The van der Waals surface area contributed by atoms with Gasteiger partial charge in [0.15, 0.2) is 12.7 Å². The first-order valence-corrected chi connectivity index (χ1v) is 17.3. The quantitative estimate of drug-likeness (QED) is 0.142. The van der Waals surface area contributed by atoms with E-state index < -0.39 is 7.14 Å². The maximum atomic E-state index is 15.0. The Balaban J connectivity index is 1.22. The molecule has 0 amide bonds. The van der Waals surface area contributed by atoms with Crippen LogP contribution >= 0.6 is 7.14 Å². The molecule has 9 rings (SSSR count). The molecular weight excluding hydrogens is 595 g/mol. The number of para-hydroxylation sites is 1. The molecule has 9 aromatic rings. The third-order valence-electron chi connectivity index (χ3n) is 8.94. The van der Waals surface area contributed by atoms with Crippen molar-refractivity contribution in [2.45, 2.75) is 0 Å². The van der Waals surface area contributed by atoms with Crippen LogP contribution in [0.1, 0.15) is 0 Å². The summed E-state index contributed by atoms with van der Waals surface area (Å²) in [7, 11) is -3.08. The Kier molecular flexibility index (Phi) is 6.38. The van der Waals surface area contributed by atoms with Gasteiger partial charge in [-0.3, -0.25) is 0 Å². The minimum Gasteiger partial charge on any atom is -0.436 e. The molecule has 0 saturated carbocycles. The van der Waals surface area contributed by atoms with Crippen molar-refractivity contribution >= 4 is 66.6 Å². The summed E-state index contributed by atoms with van der Waals surface area (Å²) in [5.74, 6) is 0.598. The molecule has 0 bridgehead atoms. The highest BCUT2D eigenvalue weighted by atomic mass is 31.2. The van der Waals surface area contributed by atoms with E-state index in [-0.39, 0.29) is 0 Å². The van der Waals surface area contributed by atoms with Crippen LogP contribution in [0.4, 0.5) is 0 Å². The molecule has 2 aromatic heterocycles. The van der Waals surface area contributed by atoms with Gasteiger partial charge in [-0.1, -0.05) is 121 Å². The van der Waals surface area contributed by atoms with Crippen molar-refractivity contribution in [3.8, 4) is 22.7 Å². The van der Waals surface area contributed by atoms with E-state index in [1.807, 2.05) is 121 Å². The van der Waals surface area contributed by atoms with Crippen LogP contribution in [0.3, 0.4) is 0 Å². The van der Waals surface area contributed by atoms with E-state index in [0.717, 1.165) is 76.3 Å². The van der Waals surface area contributed by atoms with E-state index in [2.05, 4.69) is 42.5 Å². The second-order valence-electron chi connectivity index (χ2n) is 11.7. The van der Waals surface area contributed by atoms with Gasteiger partial charge in [0.1, 0.15) is 5.52 Å². The Morgan fingerprint density at radius 3 is 1.87 bits per heavy atom. The lowest BCUT2D eigenvalue weighted by atomic mass is 9.97. The van der Waals surface area contributed by atoms with Gasteiger partial charge in [0.25, 0.3) is 0 Å². The summed E-state index contributed by atoms with van der Waals surface area (Å²) in [6, 6.07) is 54.4.